The van der Waals surface area contributed by atoms with E-state index in [1.807, 2.05) is 19.9 Å². The first kappa shape index (κ1) is 26.0. The van der Waals surface area contributed by atoms with Gasteiger partial charge in [-0.05, 0) is 57.0 Å². The summed E-state index contributed by atoms with van der Waals surface area (Å²) in [5.41, 5.74) is 3.61. The Labute approximate surface area is 214 Å². The maximum atomic E-state index is 13.8. The van der Waals surface area contributed by atoms with Crippen LogP contribution in [0.4, 0.5) is 0 Å². The average molecular weight is 525 g/mol. The van der Waals surface area contributed by atoms with Gasteiger partial charge < -0.3 is 4.74 Å². The van der Waals surface area contributed by atoms with Gasteiger partial charge in [-0.15, -0.1) is 0 Å². The Morgan fingerprint density at radius 3 is 2.32 bits per heavy atom. The highest BCUT2D eigenvalue weighted by atomic mass is 32.2. The van der Waals surface area contributed by atoms with Crippen molar-refractivity contribution >= 4 is 21.6 Å². The molecule has 0 N–H and O–H groups in total. The second-order valence-electron chi connectivity index (χ2n) is 9.08. The van der Waals surface area contributed by atoms with Crippen LogP contribution in [-0.4, -0.2) is 55.8 Å². The highest BCUT2D eigenvalue weighted by Crippen LogP contribution is 2.30. The molecule has 3 aromatic heterocycles. The second kappa shape index (κ2) is 9.43. The standard InChI is InChI=1S/C25H28N6O5S/c1-14-10-15(2)31(27-14)13-20-16(3)19(8-9-21(20)37(7,34)35)23(32)22-17(4)28-30(6)24(22)36-25(33)18-11-26-29(5)12-18/h8-12H,13H2,1-7H3. The third-order valence-electron chi connectivity index (χ3n) is 6.14. The van der Waals surface area contributed by atoms with Crippen LogP contribution in [0.3, 0.4) is 0 Å². The molecule has 0 radical (unpaired) electrons. The van der Waals surface area contributed by atoms with Crippen molar-refractivity contribution in [2.75, 3.05) is 6.26 Å². The molecule has 0 atom stereocenters. The fourth-order valence-electron chi connectivity index (χ4n) is 4.33. The van der Waals surface area contributed by atoms with Gasteiger partial charge in [0, 0.05) is 37.8 Å². The van der Waals surface area contributed by atoms with E-state index in [1.54, 1.807) is 32.6 Å². The van der Waals surface area contributed by atoms with Crippen molar-refractivity contribution in [3.8, 4) is 5.88 Å². The molecule has 0 fully saturated rings. The number of benzene rings is 1. The number of ketones is 1. The third kappa shape index (κ3) is 4.96. The SMILES string of the molecule is Cc1cc(C)n(Cc2c(S(C)(=O)=O)ccc(C(=O)c3c(C)nn(C)c3OC(=O)c3cnn(C)c3)c2C)n1. The van der Waals surface area contributed by atoms with Crippen molar-refractivity contribution in [3.05, 3.63) is 75.5 Å². The van der Waals surface area contributed by atoms with Gasteiger partial charge in [-0.1, -0.05) is 0 Å². The molecule has 0 spiro atoms. The number of carbonyl (C=O) groups is 2. The number of hydrogen-bond acceptors (Lipinski definition) is 8. The fourth-order valence-corrected chi connectivity index (χ4v) is 5.31. The summed E-state index contributed by atoms with van der Waals surface area (Å²) >= 11 is 0. The van der Waals surface area contributed by atoms with Gasteiger partial charge in [0.05, 0.1) is 34.6 Å². The van der Waals surface area contributed by atoms with Crippen LogP contribution in [-0.2, 0) is 30.5 Å². The summed E-state index contributed by atoms with van der Waals surface area (Å²) in [4.78, 5) is 26.7. The molecule has 0 saturated carbocycles. The van der Waals surface area contributed by atoms with Crippen molar-refractivity contribution in [3.63, 3.8) is 0 Å². The zero-order valence-electron chi connectivity index (χ0n) is 21.7. The summed E-state index contributed by atoms with van der Waals surface area (Å²) in [6.07, 6.45) is 4.01. The Bertz CT molecular complexity index is 1660. The molecule has 4 rings (SSSR count). The molecular formula is C25H28N6O5S. The van der Waals surface area contributed by atoms with Gasteiger partial charge in [0.1, 0.15) is 5.56 Å². The number of hydrogen-bond donors (Lipinski definition) is 0. The molecule has 0 bridgehead atoms. The predicted octanol–water partition coefficient (Wildman–Crippen LogP) is 2.49. The van der Waals surface area contributed by atoms with Crippen molar-refractivity contribution in [1.82, 2.24) is 29.3 Å². The number of sulfone groups is 1. The van der Waals surface area contributed by atoms with Crippen molar-refractivity contribution in [1.29, 1.82) is 0 Å². The fraction of sp³-hybridized carbons (Fsp3) is 0.320. The van der Waals surface area contributed by atoms with Gasteiger partial charge in [0.2, 0.25) is 11.7 Å². The van der Waals surface area contributed by atoms with Crippen molar-refractivity contribution in [2.45, 2.75) is 39.1 Å². The predicted molar refractivity (Wildman–Crippen MR) is 135 cm³/mol. The highest BCUT2D eigenvalue weighted by molar-refractivity contribution is 7.90. The molecule has 0 saturated heterocycles. The lowest BCUT2D eigenvalue weighted by molar-refractivity contribution is 0.0718. The van der Waals surface area contributed by atoms with Gasteiger partial charge in [0.25, 0.3) is 0 Å². The van der Waals surface area contributed by atoms with Gasteiger partial charge in [-0.25, -0.2) is 17.9 Å². The molecule has 37 heavy (non-hydrogen) atoms. The molecule has 0 amide bonds. The molecule has 194 valence electrons. The van der Waals surface area contributed by atoms with E-state index in [4.69, 9.17) is 4.74 Å². The number of rotatable bonds is 7. The number of carbonyl (C=O) groups excluding carboxylic acids is 2. The lowest BCUT2D eigenvalue weighted by atomic mass is 9.95. The smallest absolute Gasteiger partial charge is 0.348 e. The Balaban J connectivity index is 1.81. The van der Waals surface area contributed by atoms with Crippen LogP contribution in [0.5, 0.6) is 5.88 Å². The molecule has 0 aliphatic carbocycles. The van der Waals surface area contributed by atoms with E-state index >= 15 is 0 Å². The maximum absolute atomic E-state index is 13.8. The van der Waals surface area contributed by atoms with Crippen LogP contribution in [0.25, 0.3) is 0 Å². The van der Waals surface area contributed by atoms with E-state index in [9.17, 15) is 18.0 Å². The summed E-state index contributed by atoms with van der Waals surface area (Å²) < 4.78 is 35.3. The molecule has 12 heteroatoms. The minimum Gasteiger partial charge on any atom is -0.403 e. The first-order chi connectivity index (χ1) is 17.3. The van der Waals surface area contributed by atoms with Crippen LogP contribution in [0.15, 0.2) is 35.5 Å². The number of nitrogens with zero attached hydrogens (tertiary/aromatic N) is 6. The van der Waals surface area contributed by atoms with Crippen LogP contribution in [0.2, 0.25) is 0 Å². The average Bonchev–Trinajstić information content (AvgIpc) is 3.45. The van der Waals surface area contributed by atoms with Crippen LogP contribution in [0.1, 0.15) is 54.5 Å². The zero-order chi connectivity index (χ0) is 27.2. The second-order valence-corrected chi connectivity index (χ2v) is 11.1. The number of esters is 1. The maximum Gasteiger partial charge on any atom is 0.348 e. The third-order valence-corrected chi connectivity index (χ3v) is 7.32. The zero-order valence-corrected chi connectivity index (χ0v) is 22.5. The summed E-state index contributed by atoms with van der Waals surface area (Å²) in [5, 5.41) is 12.7. The summed E-state index contributed by atoms with van der Waals surface area (Å²) in [5.74, 6) is -1.13. The molecule has 1 aromatic carbocycles. The molecule has 3 heterocycles. The van der Waals surface area contributed by atoms with Crippen molar-refractivity contribution < 1.29 is 22.7 Å². The lowest BCUT2D eigenvalue weighted by Gasteiger charge is -2.16. The number of ether oxygens (including phenoxy) is 1. The van der Waals surface area contributed by atoms with E-state index in [2.05, 4.69) is 15.3 Å². The van der Waals surface area contributed by atoms with Crippen molar-refractivity contribution in [2.24, 2.45) is 14.1 Å². The summed E-state index contributed by atoms with van der Waals surface area (Å²) in [6, 6.07) is 4.81. The molecule has 4 aromatic rings. The van der Waals surface area contributed by atoms with E-state index in [-0.39, 0.29) is 34.0 Å². The van der Waals surface area contributed by atoms with E-state index in [0.717, 1.165) is 17.6 Å². The number of aryl methyl sites for hydroxylation is 5. The lowest BCUT2D eigenvalue weighted by Crippen LogP contribution is -2.16. The molecule has 0 aliphatic heterocycles. The molecular weight excluding hydrogens is 496 g/mol. The van der Waals surface area contributed by atoms with Crippen LogP contribution in [0, 0.1) is 27.7 Å². The van der Waals surface area contributed by atoms with Crippen LogP contribution >= 0.6 is 0 Å². The molecule has 0 aliphatic rings. The normalized spacial score (nSPS) is 11.6. The minimum atomic E-state index is -3.59. The van der Waals surface area contributed by atoms with Gasteiger partial charge >= 0.3 is 5.97 Å². The topological polar surface area (TPSA) is 131 Å². The van der Waals surface area contributed by atoms with E-state index < -0.39 is 21.6 Å². The minimum absolute atomic E-state index is 0.0111. The van der Waals surface area contributed by atoms with E-state index in [1.165, 1.54) is 33.9 Å². The quantitative estimate of drug-likeness (QED) is 0.266. The highest BCUT2D eigenvalue weighted by Gasteiger charge is 2.29. The van der Waals surface area contributed by atoms with Crippen LogP contribution < -0.4 is 4.74 Å². The van der Waals surface area contributed by atoms with E-state index in [0.29, 0.717) is 16.8 Å². The number of aromatic nitrogens is 6. The summed E-state index contributed by atoms with van der Waals surface area (Å²) in [6.45, 7) is 7.26. The Kier molecular flexibility index (Phi) is 6.63. The Morgan fingerprint density at radius 2 is 1.76 bits per heavy atom. The Hall–Kier alpha value is -4.06. The van der Waals surface area contributed by atoms with Gasteiger partial charge in [0.15, 0.2) is 9.84 Å². The first-order valence-corrected chi connectivity index (χ1v) is 13.3. The first-order valence-electron chi connectivity index (χ1n) is 11.4. The molecule has 11 nitrogen and oxygen atoms in total. The Morgan fingerprint density at radius 1 is 1.05 bits per heavy atom. The monoisotopic (exact) mass is 524 g/mol. The summed E-state index contributed by atoms with van der Waals surface area (Å²) in [7, 11) is -0.346. The largest absolute Gasteiger partial charge is 0.403 e. The van der Waals surface area contributed by atoms with Gasteiger partial charge in [-0.3, -0.25) is 14.2 Å². The van der Waals surface area contributed by atoms with Gasteiger partial charge in [-0.2, -0.15) is 15.3 Å². The molecule has 0 unspecified atom stereocenters.